The summed E-state index contributed by atoms with van der Waals surface area (Å²) in [6, 6.07) is 22.2. The van der Waals surface area contributed by atoms with E-state index < -0.39 is 0 Å². The van der Waals surface area contributed by atoms with Crippen LogP contribution in [0.4, 0.5) is 17.1 Å². The van der Waals surface area contributed by atoms with Crippen LogP contribution in [0.25, 0.3) is 0 Å². The molecule has 0 saturated heterocycles. The molecule has 3 aromatic rings. The van der Waals surface area contributed by atoms with Crippen LogP contribution in [-0.4, -0.2) is 6.73 Å². The molecule has 1 heterocycles. The summed E-state index contributed by atoms with van der Waals surface area (Å²) in [7, 11) is 0. The average Bonchev–Trinajstić information content (AvgIpc) is 2.68. The Hall–Kier alpha value is -3.14. The van der Waals surface area contributed by atoms with Crippen LogP contribution in [0.1, 0.15) is 16.7 Å². The van der Waals surface area contributed by atoms with Crippen LogP contribution in [0.3, 0.4) is 0 Å². The van der Waals surface area contributed by atoms with Crippen LogP contribution in [0, 0.1) is 13.8 Å². The Balaban J connectivity index is 1.56. The lowest BCUT2D eigenvalue weighted by molar-refractivity contribution is 0.289. The Morgan fingerprint density at radius 3 is 2.42 bits per heavy atom. The largest absolute Gasteiger partial charge is 0.473 e. The van der Waals surface area contributed by atoms with Gasteiger partial charge in [-0.2, -0.15) is 10.2 Å². The molecule has 0 spiro atoms. The predicted molar refractivity (Wildman–Crippen MR) is 105 cm³/mol. The van der Waals surface area contributed by atoms with Crippen molar-refractivity contribution >= 4 is 17.1 Å². The van der Waals surface area contributed by atoms with E-state index in [0.717, 1.165) is 29.2 Å². The zero-order valence-corrected chi connectivity index (χ0v) is 15.0. The molecule has 26 heavy (non-hydrogen) atoms. The van der Waals surface area contributed by atoms with Gasteiger partial charge in [-0.1, -0.05) is 24.3 Å². The summed E-state index contributed by atoms with van der Waals surface area (Å²) in [6.45, 7) is 5.62. The van der Waals surface area contributed by atoms with Crippen molar-refractivity contribution in [3.05, 3.63) is 83.4 Å². The van der Waals surface area contributed by atoms with E-state index >= 15 is 0 Å². The number of hydrogen-bond acceptors (Lipinski definition) is 4. The first-order chi connectivity index (χ1) is 12.7. The van der Waals surface area contributed by atoms with Crippen LogP contribution >= 0.6 is 0 Å². The van der Waals surface area contributed by atoms with Crippen LogP contribution in [0.15, 0.2) is 77.0 Å². The number of hydrogen-bond donors (Lipinski definition) is 0. The lowest BCUT2D eigenvalue weighted by Gasteiger charge is -2.31. The van der Waals surface area contributed by atoms with E-state index in [0.29, 0.717) is 6.73 Å². The molecule has 130 valence electrons. The number of nitrogens with zero attached hydrogens (tertiary/aromatic N) is 3. The summed E-state index contributed by atoms with van der Waals surface area (Å²) in [5.41, 5.74) is 6.57. The number of aryl methyl sites for hydroxylation is 2. The highest BCUT2D eigenvalue weighted by Crippen LogP contribution is 2.32. The van der Waals surface area contributed by atoms with E-state index in [2.05, 4.69) is 53.2 Å². The fraction of sp³-hybridized carbons (Fsp3) is 0.182. The molecule has 0 amide bonds. The molecule has 0 aliphatic carbocycles. The Bertz CT molecular complexity index is 951. The third-order valence-corrected chi connectivity index (χ3v) is 4.67. The van der Waals surface area contributed by atoms with Crippen molar-refractivity contribution in [1.29, 1.82) is 0 Å². The van der Waals surface area contributed by atoms with Crippen molar-refractivity contribution in [2.75, 3.05) is 11.6 Å². The first-order valence-corrected chi connectivity index (χ1v) is 8.74. The van der Waals surface area contributed by atoms with Gasteiger partial charge in [0.2, 0.25) is 0 Å². The molecule has 0 radical (unpaired) electrons. The smallest absolute Gasteiger partial charge is 0.161 e. The van der Waals surface area contributed by atoms with Crippen LogP contribution in [0.2, 0.25) is 0 Å². The van der Waals surface area contributed by atoms with Gasteiger partial charge in [0, 0.05) is 17.8 Å². The summed E-state index contributed by atoms with van der Waals surface area (Å²) >= 11 is 0. The quantitative estimate of drug-likeness (QED) is 0.541. The summed E-state index contributed by atoms with van der Waals surface area (Å²) in [6.07, 6.45) is 0. The molecular weight excluding hydrogens is 322 g/mol. The van der Waals surface area contributed by atoms with E-state index in [4.69, 9.17) is 4.74 Å². The molecular formula is C22H21N3O. The molecule has 0 fully saturated rings. The first kappa shape index (κ1) is 16.3. The van der Waals surface area contributed by atoms with Gasteiger partial charge in [-0.25, -0.2) is 0 Å². The van der Waals surface area contributed by atoms with Gasteiger partial charge in [-0.15, -0.1) is 0 Å². The minimum Gasteiger partial charge on any atom is -0.473 e. The normalized spacial score (nSPS) is 13.5. The maximum Gasteiger partial charge on any atom is 0.161 e. The third kappa shape index (κ3) is 3.45. The molecule has 0 saturated carbocycles. The fourth-order valence-corrected chi connectivity index (χ4v) is 2.99. The second-order valence-electron chi connectivity index (χ2n) is 6.57. The monoisotopic (exact) mass is 343 g/mol. The van der Waals surface area contributed by atoms with Gasteiger partial charge in [0.05, 0.1) is 11.4 Å². The highest BCUT2D eigenvalue weighted by molar-refractivity contribution is 5.55. The summed E-state index contributed by atoms with van der Waals surface area (Å²) in [4.78, 5) is 2.23. The highest BCUT2D eigenvalue weighted by Gasteiger charge is 2.18. The lowest BCUT2D eigenvalue weighted by atomic mass is 10.1. The molecule has 0 unspecified atom stereocenters. The van der Waals surface area contributed by atoms with Crippen molar-refractivity contribution < 1.29 is 4.74 Å². The topological polar surface area (TPSA) is 37.2 Å². The molecule has 4 heteroatoms. The van der Waals surface area contributed by atoms with Gasteiger partial charge < -0.3 is 9.64 Å². The minimum atomic E-state index is 0.556. The van der Waals surface area contributed by atoms with E-state index in [-0.39, 0.29) is 0 Å². The number of ether oxygens (including phenoxy) is 1. The van der Waals surface area contributed by atoms with Gasteiger partial charge in [0.1, 0.15) is 5.75 Å². The van der Waals surface area contributed by atoms with Gasteiger partial charge in [0.15, 0.2) is 6.73 Å². The van der Waals surface area contributed by atoms with Crippen molar-refractivity contribution in [3.63, 3.8) is 0 Å². The summed E-state index contributed by atoms with van der Waals surface area (Å²) in [5.74, 6) is 0.920. The molecule has 1 aliphatic rings. The van der Waals surface area contributed by atoms with Crippen molar-refractivity contribution in [2.45, 2.75) is 20.4 Å². The van der Waals surface area contributed by atoms with Gasteiger partial charge in [0.25, 0.3) is 0 Å². The van der Waals surface area contributed by atoms with Gasteiger partial charge in [-0.3, -0.25) is 0 Å². The molecule has 1 aliphatic heterocycles. The van der Waals surface area contributed by atoms with E-state index in [1.807, 2.05) is 42.5 Å². The third-order valence-electron chi connectivity index (χ3n) is 4.67. The second-order valence-corrected chi connectivity index (χ2v) is 6.57. The molecule has 0 N–H and O–H groups in total. The number of benzene rings is 3. The van der Waals surface area contributed by atoms with Gasteiger partial charge in [-0.05, 0) is 67.4 Å². The lowest BCUT2D eigenvalue weighted by Crippen LogP contribution is -2.31. The van der Waals surface area contributed by atoms with Gasteiger partial charge >= 0.3 is 0 Å². The molecule has 0 aromatic heterocycles. The molecule has 3 aromatic carbocycles. The highest BCUT2D eigenvalue weighted by atomic mass is 16.5. The van der Waals surface area contributed by atoms with Crippen LogP contribution in [-0.2, 0) is 6.54 Å². The zero-order chi connectivity index (χ0) is 17.9. The number of fused-ring (bicyclic) bond motifs is 1. The van der Waals surface area contributed by atoms with Crippen LogP contribution < -0.4 is 9.64 Å². The van der Waals surface area contributed by atoms with Crippen molar-refractivity contribution in [3.8, 4) is 5.75 Å². The number of azo groups is 1. The number of rotatable bonds is 3. The van der Waals surface area contributed by atoms with Crippen molar-refractivity contribution in [1.82, 2.24) is 0 Å². The predicted octanol–water partition coefficient (Wildman–Crippen LogP) is 6.08. The maximum atomic E-state index is 5.93. The molecule has 0 bridgehead atoms. The Kier molecular flexibility index (Phi) is 4.40. The SMILES string of the molecule is Cc1ccc(N2COc3ccc(N=Nc4ccccc4)cc3C2)cc1C. The average molecular weight is 343 g/mol. The Morgan fingerprint density at radius 1 is 0.808 bits per heavy atom. The standard InChI is InChI=1S/C22H21N3O/c1-16-8-10-21(12-17(16)2)25-14-18-13-20(9-11-22(18)26-15-25)24-23-19-6-4-3-5-7-19/h3-13H,14-15H2,1-2H3. The summed E-state index contributed by atoms with van der Waals surface area (Å²) in [5, 5.41) is 8.65. The first-order valence-electron chi connectivity index (χ1n) is 8.74. The second kappa shape index (κ2) is 7.00. The minimum absolute atomic E-state index is 0.556. The Morgan fingerprint density at radius 2 is 1.62 bits per heavy atom. The molecule has 4 nitrogen and oxygen atoms in total. The fourth-order valence-electron chi connectivity index (χ4n) is 2.99. The maximum absolute atomic E-state index is 5.93. The van der Waals surface area contributed by atoms with Crippen molar-refractivity contribution in [2.24, 2.45) is 10.2 Å². The van der Waals surface area contributed by atoms with E-state index in [9.17, 15) is 0 Å². The summed E-state index contributed by atoms with van der Waals surface area (Å²) < 4.78 is 5.93. The Labute approximate surface area is 153 Å². The number of anilines is 1. The zero-order valence-electron chi connectivity index (χ0n) is 15.0. The van der Waals surface area contributed by atoms with Crippen LogP contribution in [0.5, 0.6) is 5.75 Å². The van der Waals surface area contributed by atoms with E-state index in [1.165, 1.54) is 16.8 Å². The molecule has 4 rings (SSSR count). The van der Waals surface area contributed by atoms with E-state index in [1.54, 1.807) is 0 Å². The molecule has 0 atom stereocenters.